The molecule has 204 valence electrons. The Morgan fingerprint density at radius 1 is 1.12 bits per heavy atom. The van der Waals surface area contributed by atoms with Crippen LogP contribution in [0.2, 0.25) is 0 Å². The molecule has 0 radical (unpaired) electrons. The van der Waals surface area contributed by atoms with Gasteiger partial charge in [0.05, 0.1) is 25.3 Å². The molecule has 40 heavy (non-hydrogen) atoms. The Hall–Kier alpha value is -4.64. The number of aromatic nitrogens is 3. The van der Waals surface area contributed by atoms with Crippen molar-refractivity contribution in [3.63, 3.8) is 0 Å². The summed E-state index contributed by atoms with van der Waals surface area (Å²) in [6, 6.07) is 14.2. The Morgan fingerprint density at radius 3 is 2.62 bits per heavy atom. The lowest BCUT2D eigenvalue weighted by molar-refractivity contribution is -0.119. The van der Waals surface area contributed by atoms with Crippen LogP contribution < -0.4 is 15.4 Å². The molecule has 0 unspecified atom stereocenters. The van der Waals surface area contributed by atoms with Gasteiger partial charge in [-0.15, -0.1) is 11.5 Å². The van der Waals surface area contributed by atoms with Crippen molar-refractivity contribution in [3.8, 4) is 29.9 Å². The summed E-state index contributed by atoms with van der Waals surface area (Å²) in [6.07, 6.45) is 6.27. The van der Waals surface area contributed by atoms with E-state index in [-0.39, 0.29) is 5.82 Å². The second-order valence-corrected chi connectivity index (χ2v) is 9.78. The van der Waals surface area contributed by atoms with Gasteiger partial charge in [0.25, 0.3) is 11.8 Å². The van der Waals surface area contributed by atoms with Crippen LogP contribution in [0.15, 0.2) is 54.9 Å². The summed E-state index contributed by atoms with van der Waals surface area (Å²) >= 11 is 0. The van der Waals surface area contributed by atoms with Gasteiger partial charge in [-0.1, -0.05) is 48.1 Å². The average molecular weight is 538 g/mol. The maximum atomic E-state index is 13.1. The fraction of sp³-hybridized carbons (Fsp3) is 0.333. The molecule has 10 nitrogen and oxygen atoms in total. The van der Waals surface area contributed by atoms with Crippen LogP contribution in [-0.4, -0.2) is 87.8 Å². The second kappa shape index (κ2) is 12.5. The first-order valence-electron chi connectivity index (χ1n) is 13.2. The molecule has 1 fully saturated rings. The molecule has 2 aliphatic rings. The van der Waals surface area contributed by atoms with E-state index in [1.54, 1.807) is 23.7 Å². The van der Waals surface area contributed by atoms with Gasteiger partial charge in [0.15, 0.2) is 0 Å². The van der Waals surface area contributed by atoms with Crippen molar-refractivity contribution in [2.24, 2.45) is 0 Å². The molecule has 2 atom stereocenters. The number of rotatable bonds is 6. The zero-order valence-corrected chi connectivity index (χ0v) is 22.3. The summed E-state index contributed by atoms with van der Waals surface area (Å²) in [5.74, 6) is 8.64. The van der Waals surface area contributed by atoms with Crippen LogP contribution in [0.3, 0.4) is 0 Å². The fourth-order valence-corrected chi connectivity index (χ4v) is 4.62. The largest absolute Gasteiger partial charge is 0.486 e. The molecule has 2 aliphatic heterocycles. The number of hydrogen-bond acceptors (Lipinski definition) is 7. The van der Waals surface area contributed by atoms with E-state index in [9.17, 15) is 9.59 Å². The molecule has 3 heterocycles. The van der Waals surface area contributed by atoms with E-state index in [2.05, 4.69) is 48.3 Å². The third-order valence-electron chi connectivity index (χ3n) is 6.83. The highest BCUT2D eigenvalue weighted by atomic mass is 16.5. The minimum atomic E-state index is -0.941. The van der Waals surface area contributed by atoms with Crippen molar-refractivity contribution in [3.05, 3.63) is 71.8 Å². The normalized spacial score (nSPS) is 19.1. The maximum absolute atomic E-state index is 13.1. The van der Waals surface area contributed by atoms with E-state index in [0.717, 1.165) is 37.3 Å². The SMILES string of the molecule is C#CCN1CCN(CC#Cc2ccc3c(c2)NC(=O)[C@@H](NC(=O)c2ncn(Cc4ccccc4)n2)[C@@H](C)O3)CC1. The Balaban J connectivity index is 1.18. The Bertz CT molecular complexity index is 1460. The van der Waals surface area contributed by atoms with Gasteiger partial charge in [-0.2, -0.15) is 0 Å². The Kier molecular flexibility index (Phi) is 8.41. The van der Waals surface area contributed by atoms with Crippen LogP contribution in [0.4, 0.5) is 5.69 Å². The van der Waals surface area contributed by atoms with E-state index in [1.165, 1.54) is 6.33 Å². The molecular formula is C30H31N7O3. The number of fused-ring (bicyclic) bond motifs is 1. The minimum Gasteiger partial charge on any atom is -0.486 e. The first-order chi connectivity index (χ1) is 19.5. The number of anilines is 1. The zero-order chi connectivity index (χ0) is 27.9. The third kappa shape index (κ3) is 6.67. The van der Waals surface area contributed by atoms with Crippen LogP contribution in [0.1, 0.15) is 28.7 Å². The van der Waals surface area contributed by atoms with Crippen LogP contribution in [0, 0.1) is 24.2 Å². The van der Waals surface area contributed by atoms with Crippen LogP contribution in [0.5, 0.6) is 5.75 Å². The second-order valence-electron chi connectivity index (χ2n) is 9.78. The van der Waals surface area contributed by atoms with Crippen LogP contribution in [0.25, 0.3) is 0 Å². The molecular weight excluding hydrogens is 506 g/mol. The summed E-state index contributed by atoms with van der Waals surface area (Å²) < 4.78 is 7.60. The highest BCUT2D eigenvalue weighted by Gasteiger charge is 2.33. The van der Waals surface area contributed by atoms with Crippen molar-refractivity contribution in [2.45, 2.75) is 25.6 Å². The van der Waals surface area contributed by atoms with Crippen LogP contribution in [-0.2, 0) is 11.3 Å². The summed E-state index contributed by atoms with van der Waals surface area (Å²) in [5.41, 5.74) is 2.30. The van der Waals surface area contributed by atoms with Crippen molar-refractivity contribution >= 4 is 17.5 Å². The molecule has 2 aromatic carbocycles. The van der Waals surface area contributed by atoms with Gasteiger partial charge in [-0.25, -0.2) is 9.67 Å². The highest BCUT2D eigenvalue weighted by Crippen LogP contribution is 2.30. The molecule has 0 bridgehead atoms. The molecule has 5 rings (SSSR count). The lowest BCUT2D eigenvalue weighted by Gasteiger charge is -2.32. The van der Waals surface area contributed by atoms with Gasteiger partial charge in [0, 0.05) is 31.7 Å². The average Bonchev–Trinajstić information content (AvgIpc) is 3.39. The van der Waals surface area contributed by atoms with Crippen LogP contribution >= 0.6 is 0 Å². The summed E-state index contributed by atoms with van der Waals surface area (Å²) in [5, 5.41) is 9.85. The molecule has 1 aromatic heterocycles. The van der Waals surface area contributed by atoms with Gasteiger partial charge in [-0.05, 0) is 30.7 Å². The van der Waals surface area contributed by atoms with Crippen molar-refractivity contribution in [1.29, 1.82) is 0 Å². The Morgan fingerprint density at radius 2 is 1.88 bits per heavy atom. The highest BCUT2D eigenvalue weighted by molar-refractivity contribution is 6.01. The van der Waals surface area contributed by atoms with Crippen molar-refractivity contribution in [1.82, 2.24) is 29.9 Å². The zero-order valence-electron chi connectivity index (χ0n) is 22.3. The third-order valence-corrected chi connectivity index (χ3v) is 6.83. The molecule has 0 aliphatic carbocycles. The van der Waals surface area contributed by atoms with Crippen molar-refractivity contribution < 1.29 is 14.3 Å². The first kappa shape index (κ1) is 26.9. The lowest BCUT2D eigenvalue weighted by Crippen LogP contribution is -2.51. The molecule has 10 heteroatoms. The van der Waals surface area contributed by atoms with E-state index in [0.29, 0.717) is 31.1 Å². The first-order valence-corrected chi connectivity index (χ1v) is 13.2. The number of amides is 2. The number of nitrogens with zero attached hydrogens (tertiary/aromatic N) is 5. The minimum absolute atomic E-state index is 0.0206. The predicted molar refractivity (Wildman–Crippen MR) is 151 cm³/mol. The quantitative estimate of drug-likeness (QED) is 0.459. The van der Waals surface area contributed by atoms with Gasteiger partial charge in [-0.3, -0.25) is 19.4 Å². The fourth-order valence-electron chi connectivity index (χ4n) is 4.62. The Labute approximate surface area is 233 Å². The number of ether oxygens (including phenoxy) is 1. The molecule has 0 spiro atoms. The number of carbonyl (C=O) groups is 2. The molecule has 2 N–H and O–H groups in total. The van der Waals surface area contributed by atoms with Gasteiger partial charge >= 0.3 is 0 Å². The number of hydrogen-bond donors (Lipinski definition) is 2. The van der Waals surface area contributed by atoms with E-state index in [1.807, 2.05) is 36.4 Å². The molecule has 1 saturated heterocycles. The lowest BCUT2D eigenvalue weighted by atomic mass is 10.1. The van der Waals surface area contributed by atoms with E-state index < -0.39 is 24.0 Å². The van der Waals surface area contributed by atoms with Crippen molar-refractivity contribution in [2.75, 3.05) is 44.6 Å². The van der Waals surface area contributed by atoms with E-state index >= 15 is 0 Å². The molecule has 3 aromatic rings. The van der Waals surface area contributed by atoms with Gasteiger partial charge < -0.3 is 15.4 Å². The van der Waals surface area contributed by atoms with E-state index in [4.69, 9.17) is 11.2 Å². The number of nitrogens with one attached hydrogen (secondary N) is 2. The summed E-state index contributed by atoms with van der Waals surface area (Å²) in [4.78, 5) is 34.6. The number of terminal acetylenes is 1. The topological polar surface area (TPSA) is 105 Å². The summed E-state index contributed by atoms with van der Waals surface area (Å²) in [6.45, 7) is 7.29. The predicted octanol–water partition coefficient (Wildman–Crippen LogP) is 1.45. The monoisotopic (exact) mass is 537 g/mol. The molecule has 0 saturated carbocycles. The molecule has 2 amide bonds. The number of piperazine rings is 1. The van der Waals surface area contributed by atoms with Gasteiger partial charge in [0.2, 0.25) is 5.82 Å². The smallest absolute Gasteiger partial charge is 0.291 e. The standard InChI is InChI=1S/C30H31N7O3/c1-3-13-35-15-17-36(18-16-35)14-7-10-23-11-12-26-25(19-23)32-29(38)27(22(2)40-26)33-30(39)28-31-21-37(34-28)20-24-8-5-4-6-9-24/h1,4-6,8-9,11-12,19,21-22,27H,13-18,20H2,2H3,(H,32,38)(H,33,39)/t22-,27+/m1/s1. The maximum Gasteiger partial charge on any atom is 0.291 e. The number of benzene rings is 2. The summed E-state index contributed by atoms with van der Waals surface area (Å²) in [7, 11) is 0. The number of carbonyl (C=O) groups excluding carboxylic acids is 2. The van der Waals surface area contributed by atoms with Gasteiger partial charge in [0.1, 0.15) is 24.2 Å².